The van der Waals surface area contributed by atoms with E-state index in [2.05, 4.69) is 19.2 Å². The van der Waals surface area contributed by atoms with Crippen LogP contribution in [0.5, 0.6) is 0 Å². The molecule has 0 radical (unpaired) electrons. The molecule has 1 aromatic rings. The Morgan fingerprint density at radius 3 is 2.60 bits per heavy atom. The third-order valence-electron chi connectivity index (χ3n) is 3.42. The number of hydrogen-bond acceptors (Lipinski definition) is 2. The van der Waals surface area contributed by atoms with E-state index in [9.17, 15) is 9.59 Å². The van der Waals surface area contributed by atoms with E-state index in [4.69, 9.17) is 16.7 Å². The number of likely N-dealkylation sites (tertiary alicyclic amines) is 1. The summed E-state index contributed by atoms with van der Waals surface area (Å²) in [7, 11) is 0. The highest BCUT2D eigenvalue weighted by Gasteiger charge is 2.32. The number of halogens is 1. The van der Waals surface area contributed by atoms with Crippen molar-refractivity contribution in [3.8, 4) is 0 Å². The molecule has 0 unspecified atom stereocenters. The van der Waals surface area contributed by atoms with Crippen LogP contribution in [0.25, 0.3) is 0 Å². The van der Waals surface area contributed by atoms with Crippen LogP contribution < -0.4 is 5.32 Å². The standard InChI is InChI=1S/C14H17ClN2O3/c1-14(2)5-6-17(8-14)13(20)16-11-4-3-9(12(18)19)7-10(11)15/h3-4,7H,5-6,8H2,1-2H3,(H,16,20)(H,18,19). The summed E-state index contributed by atoms with van der Waals surface area (Å²) in [5, 5.41) is 11.8. The molecule has 5 nitrogen and oxygen atoms in total. The van der Waals surface area contributed by atoms with E-state index in [0.29, 0.717) is 18.8 Å². The smallest absolute Gasteiger partial charge is 0.335 e. The molecule has 20 heavy (non-hydrogen) atoms. The molecule has 1 aliphatic rings. The molecule has 2 rings (SSSR count). The Hall–Kier alpha value is -1.75. The quantitative estimate of drug-likeness (QED) is 0.879. The Morgan fingerprint density at radius 2 is 2.10 bits per heavy atom. The van der Waals surface area contributed by atoms with E-state index in [1.165, 1.54) is 18.2 Å². The zero-order valence-corrected chi connectivity index (χ0v) is 12.2. The summed E-state index contributed by atoms with van der Waals surface area (Å²) < 4.78 is 0. The van der Waals surface area contributed by atoms with Crippen LogP contribution in [-0.4, -0.2) is 35.1 Å². The maximum Gasteiger partial charge on any atom is 0.335 e. The third-order valence-corrected chi connectivity index (χ3v) is 3.73. The van der Waals surface area contributed by atoms with E-state index in [0.717, 1.165) is 6.42 Å². The van der Waals surface area contributed by atoms with Crippen LogP contribution in [0.1, 0.15) is 30.6 Å². The molecule has 1 aromatic carbocycles. The summed E-state index contributed by atoms with van der Waals surface area (Å²) in [6.07, 6.45) is 0.964. The van der Waals surface area contributed by atoms with Gasteiger partial charge in [-0.2, -0.15) is 0 Å². The van der Waals surface area contributed by atoms with Gasteiger partial charge in [-0.15, -0.1) is 0 Å². The van der Waals surface area contributed by atoms with E-state index < -0.39 is 5.97 Å². The predicted octanol–water partition coefficient (Wildman–Crippen LogP) is 3.30. The molecule has 1 heterocycles. The van der Waals surface area contributed by atoms with Crippen LogP contribution in [-0.2, 0) is 0 Å². The monoisotopic (exact) mass is 296 g/mol. The molecule has 1 fully saturated rings. The first-order valence-corrected chi connectivity index (χ1v) is 6.75. The van der Waals surface area contributed by atoms with Crippen molar-refractivity contribution in [3.05, 3.63) is 28.8 Å². The molecule has 108 valence electrons. The van der Waals surface area contributed by atoms with Gasteiger partial charge in [0.25, 0.3) is 0 Å². The Bertz CT molecular complexity index is 557. The third kappa shape index (κ3) is 3.22. The number of carboxylic acid groups (broad SMARTS) is 1. The van der Waals surface area contributed by atoms with Gasteiger partial charge in [0.05, 0.1) is 16.3 Å². The normalized spacial score (nSPS) is 17.1. The van der Waals surface area contributed by atoms with Gasteiger partial charge in [-0.25, -0.2) is 9.59 Å². The van der Waals surface area contributed by atoms with Crippen LogP contribution in [0.4, 0.5) is 10.5 Å². The molecule has 2 amide bonds. The van der Waals surface area contributed by atoms with Gasteiger partial charge >= 0.3 is 12.0 Å². The summed E-state index contributed by atoms with van der Waals surface area (Å²) in [5.41, 5.74) is 0.649. The molecule has 0 atom stereocenters. The summed E-state index contributed by atoms with van der Waals surface area (Å²) in [6.45, 7) is 5.65. The lowest BCUT2D eigenvalue weighted by Crippen LogP contribution is -2.34. The number of nitrogens with zero attached hydrogens (tertiary/aromatic N) is 1. The molecule has 0 saturated carbocycles. The van der Waals surface area contributed by atoms with Gasteiger partial charge in [-0.05, 0) is 30.0 Å². The van der Waals surface area contributed by atoms with Crippen molar-refractivity contribution >= 4 is 29.3 Å². The fourth-order valence-corrected chi connectivity index (χ4v) is 2.46. The number of aromatic carboxylic acids is 1. The van der Waals surface area contributed by atoms with Crippen molar-refractivity contribution in [2.24, 2.45) is 5.41 Å². The molecule has 0 spiro atoms. The van der Waals surface area contributed by atoms with Crippen LogP contribution >= 0.6 is 11.6 Å². The first kappa shape index (κ1) is 14.7. The molecule has 1 saturated heterocycles. The maximum atomic E-state index is 12.1. The van der Waals surface area contributed by atoms with E-state index >= 15 is 0 Å². The number of rotatable bonds is 2. The van der Waals surface area contributed by atoms with Gasteiger partial charge in [0.2, 0.25) is 0 Å². The average molecular weight is 297 g/mol. The van der Waals surface area contributed by atoms with Gasteiger partial charge < -0.3 is 15.3 Å². The van der Waals surface area contributed by atoms with Crippen LogP contribution in [0, 0.1) is 5.41 Å². The van der Waals surface area contributed by atoms with Gasteiger partial charge in [0.1, 0.15) is 0 Å². The lowest BCUT2D eigenvalue weighted by molar-refractivity contribution is 0.0697. The molecule has 0 bridgehead atoms. The second kappa shape index (κ2) is 5.32. The number of anilines is 1. The first-order chi connectivity index (χ1) is 9.28. The lowest BCUT2D eigenvalue weighted by Gasteiger charge is -2.20. The van der Waals surface area contributed by atoms with E-state index in [1.807, 2.05) is 0 Å². The summed E-state index contributed by atoms with van der Waals surface area (Å²) >= 11 is 5.98. The van der Waals surface area contributed by atoms with Crippen molar-refractivity contribution in [3.63, 3.8) is 0 Å². The molecular weight excluding hydrogens is 280 g/mol. The molecular formula is C14H17ClN2O3. The zero-order chi connectivity index (χ0) is 14.9. The molecule has 6 heteroatoms. The highest BCUT2D eigenvalue weighted by atomic mass is 35.5. The number of urea groups is 1. The Kier molecular flexibility index (Phi) is 3.90. The van der Waals surface area contributed by atoms with Crippen molar-refractivity contribution in [1.29, 1.82) is 0 Å². The fraction of sp³-hybridized carbons (Fsp3) is 0.429. The second-order valence-electron chi connectivity index (χ2n) is 5.77. The van der Waals surface area contributed by atoms with Crippen LogP contribution in [0.3, 0.4) is 0 Å². The van der Waals surface area contributed by atoms with E-state index in [1.54, 1.807) is 4.90 Å². The van der Waals surface area contributed by atoms with Gasteiger partial charge in [-0.1, -0.05) is 25.4 Å². The van der Waals surface area contributed by atoms with Crippen molar-refractivity contribution in [2.45, 2.75) is 20.3 Å². The molecule has 0 aromatic heterocycles. The van der Waals surface area contributed by atoms with Gasteiger partial charge in [-0.3, -0.25) is 0 Å². The number of carbonyl (C=O) groups is 2. The summed E-state index contributed by atoms with van der Waals surface area (Å²) in [5.74, 6) is -1.05. The lowest BCUT2D eigenvalue weighted by atomic mass is 9.93. The fourth-order valence-electron chi connectivity index (χ4n) is 2.23. The SMILES string of the molecule is CC1(C)CCN(C(=O)Nc2ccc(C(=O)O)cc2Cl)C1. The zero-order valence-electron chi connectivity index (χ0n) is 11.4. The second-order valence-corrected chi connectivity index (χ2v) is 6.17. The Labute approximate surface area is 122 Å². The van der Waals surface area contributed by atoms with Gasteiger partial charge in [0.15, 0.2) is 0 Å². The molecule has 0 aliphatic carbocycles. The average Bonchev–Trinajstić information content (AvgIpc) is 2.72. The van der Waals surface area contributed by atoms with Crippen LogP contribution in [0.2, 0.25) is 5.02 Å². The Morgan fingerprint density at radius 1 is 1.40 bits per heavy atom. The van der Waals surface area contributed by atoms with Crippen molar-refractivity contribution in [2.75, 3.05) is 18.4 Å². The summed E-state index contributed by atoms with van der Waals surface area (Å²) in [4.78, 5) is 24.7. The number of hydrogen-bond donors (Lipinski definition) is 2. The predicted molar refractivity (Wildman–Crippen MR) is 77.4 cm³/mol. The number of carbonyl (C=O) groups excluding carboxylic acids is 1. The number of carboxylic acids is 1. The largest absolute Gasteiger partial charge is 0.478 e. The maximum absolute atomic E-state index is 12.1. The first-order valence-electron chi connectivity index (χ1n) is 6.37. The highest BCUT2D eigenvalue weighted by Crippen LogP contribution is 2.30. The molecule has 2 N–H and O–H groups in total. The minimum absolute atomic E-state index is 0.0929. The Balaban J connectivity index is 2.07. The number of nitrogens with one attached hydrogen (secondary N) is 1. The minimum atomic E-state index is -1.05. The number of amides is 2. The summed E-state index contributed by atoms with van der Waals surface area (Å²) in [6, 6.07) is 4.04. The highest BCUT2D eigenvalue weighted by molar-refractivity contribution is 6.34. The van der Waals surface area contributed by atoms with Gasteiger partial charge in [0, 0.05) is 13.1 Å². The number of benzene rings is 1. The van der Waals surface area contributed by atoms with Crippen molar-refractivity contribution < 1.29 is 14.7 Å². The molecule has 1 aliphatic heterocycles. The van der Waals surface area contributed by atoms with Crippen molar-refractivity contribution in [1.82, 2.24) is 4.90 Å². The minimum Gasteiger partial charge on any atom is -0.478 e. The van der Waals surface area contributed by atoms with E-state index in [-0.39, 0.29) is 22.0 Å². The topological polar surface area (TPSA) is 69.6 Å². The van der Waals surface area contributed by atoms with Crippen LogP contribution in [0.15, 0.2) is 18.2 Å².